The van der Waals surface area contributed by atoms with Crippen molar-refractivity contribution in [1.82, 2.24) is 0 Å². The van der Waals surface area contributed by atoms with Crippen LogP contribution in [0.3, 0.4) is 0 Å². The highest BCUT2D eigenvalue weighted by molar-refractivity contribution is 6.42. The second-order valence-electron chi connectivity index (χ2n) is 2.90. The van der Waals surface area contributed by atoms with E-state index >= 15 is 0 Å². The summed E-state index contributed by atoms with van der Waals surface area (Å²) in [5, 5.41) is 0. The number of aryl methyl sites for hydroxylation is 1. The van der Waals surface area contributed by atoms with Crippen molar-refractivity contribution in [1.29, 1.82) is 0 Å². The number of methoxy groups -OCH3 is 1. The van der Waals surface area contributed by atoms with Crippen molar-refractivity contribution >= 4 is 11.7 Å². The van der Waals surface area contributed by atoms with Gasteiger partial charge in [-0.05, 0) is 19.1 Å². The van der Waals surface area contributed by atoms with E-state index < -0.39 is 11.7 Å². The molecule has 1 aromatic rings. The number of primary amides is 1. The van der Waals surface area contributed by atoms with E-state index in [1.165, 1.54) is 7.11 Å². The Labute approximate surface area is 81.7 Å². The minimum absolute atomic E-state index is 0.208. The standard InChI is InChI=1S/C10H11NO3/c1-6-3-4-8(14-2)7(5-6)9(12)10(11)13/h3-5H,1-2H3,(H2,11,13). The summed E-state index contributed by atoms with van der Waals surface area (Å²) in [6.45, 7) is 1.82. The number of nitrogens with two attached hydrogens (primary N) is 1. The van der Waals surface area contributed by atoms with Crippen molar-refractivity contribution in [2.24, 2.45) is 5.73 Å². The quantitative estimate of drug-likeness (QED) is 0.566. The van der Waals surface area contributed by atoms with Gasteiger partial charge in [-0.2, -0.15) is 0 Å². The number of hydrogen-bond acceptors (Lipinski definition) is 3. The fourth-order valence-corrected chi connectivity index (χ4v) is 1.13. The number of carbonyl (C=O) groups is 2. The van der Waals surface area contributed by atoms with Gasteiger partial charge in [0, 0.05) is 0 Å². The second-order valence-corrected chi connectivity index (χ2v) is 2.90. The molecule has 0 spiro atoms. The Kier molecular flexibility index (Phi) is 2.86. The molecule has 4 heteroatoms. The molecule has 0 heterocycles. The van der Waals surface area contributed by atoms with E-state index in [1.807, 2.05) is 6.92 Å². The normalized spacial score (nSPS) is 9.57. The monoisotopic (exact) mass is 193 g/mol. The first-order chi connectivity index (χ1) is 6.56. The van der Waals surface area contributed by atoms with E-state index in [2.05, 4.69) is 0 Å². The molecule has 0 bridgehead atoms. The Morgan fingerprint density at radius 1 is 1.36 bits per heavy atom. The summed E-state index contributed by atoms with van der Waals surface area (Å²) in [4.78, 5) is 22.0. The average Bonchev–Trinajstić information content (AvgIpc) is 2.16. The van der Waals surface area contributed by atoms with Crippen molar-refractivity contribution in [2.75, 3.05) is 7.11 Å². The van der Waals surface area contributed by atoms with Crippen LogP contribution in [0.25, 0.3) is 0 Å². The van der Waals surface area contributed by atoms with Gasteiger partial charge in [0.15, 0.2) is 0 Å². The molecule has 4 nitrogen and oxygen atoms in total. The number of ketones is 1. The Morgan fingerprint density at radius 2 is 2.00 bits per heavy atom. The predicted molar refractivity (Wildman–Crippen MR) is 51.3 cm³/mol. The molecule has 0 unspecified atom stereocenters. The van der Waals surface area contributed by atoms with E-state index in [4.69, 9.17) is 10.5 Å². The van der Waals surface area contributed by atoms with E-state index in [-0.39, 0.29) is 5.56 Å². The third kappa shape index (κ3) is 1.90. The number of Topliss-reactive ketones (excluding diaryl/α,β-unsaturated/α-hetero) is 1. The molecule has 0 aliphatic rings. The SMILES string of the molecule is COc1ccc(C)cc1C(=O)C(N)=O. The predicted octanol–water partition coefficient (Wildman–Crippen LogP) is 0.672. The molecule has 0 saturated carbocycles. The van der Waals surface area contributed by atoms with Crippen molar-refractivity contribution in [3.05, 3.63) is 29.3 Å². The third-order valence-corrected chi connectivity index (χ3v) is 1.82. The lowest BCUT2D eigenvalue weighted by atomic mass is 10.1. The molecule has 0 radical (unpaired) electrons. The molecule has 0 fully saturated rings. The molecule has 2 N–H and O–H groups in total. The summed E-state index contributed by atoms with van der Waals surface area (Å²) >= 11 is 0. The van der Waals surface area contributed by atoms with Crippen molar-refractivity contribution in [3.63, 3.8) is 0 Å². The molecule has 1 amide bonds. The largest absolute Gasteiger partial charge is 0.496 e. The minimum atomic E-state index is -0.978. The van der Waals surface area contributed by atoms with E-state index in [1.54, 1.807) is 18.2 Å². The van der Waals surface area contributed by atoms with Crippen molar-refractivity contribution in [3.8, 4) is 5.75 Å². The zero-order valence-electron chi connectivity index (χ0n) is 8.03. The van der Waals surface area contributed by atoms with Crippen LogP contribution >= 0.6 is 0 Å². The van der Waals surface area contributed by atoms with Crippen LogP contribution in [0.2, 0.25) is 0 Å². The number of benzene rings is 1. The van der Waals surface area contributed by atoms with Gasteiger partial charge >= 0.3 is 0 Å². The highest BCUT2D eigenvalue weighted by atomic mass is 16.5. The number of ether oxygens (including phenoxy) is 1. The minimum Gasteiger partial charge on any atom is -0.496 e. The van der Waals surface area contributed by atoms with Crippen LogP contribution in [-0.4, -0.2) is 18.8 Å². The van der Waals surface area contributed by atoms with Crippen molar-refractivity contribution in [2.45, 2.75) is 6.92 Å². The topological polar surface area (TPSA) is 69.4 Å². The van der Waals surface area contributed by atoms with Crippen LogP contribution in [0, 0.1) is 6.92 Å². The lowest BCUT2D eigenvalue weighted by Crippen LogP contribution is -2.23. The van der Waals surface area contributed by atoms with Gasteiger partial charge in [0.2, 0.25) is 0 Å². The van der Waals surface area contributed by atoms with Gasteiger partial charge in [0.05, 0.1) is 12.7 Å². The number of rotatable bonds is 3. The first kappa shape index (κ1) is 10.2. The molecule has 1 aromatic carbocycles. The van der Waals surface area contributed by atoms with Crippen LogP contribution in [-0.2, 0) is 4.79 Å². The molecule has 74 valence electrons. The lowest BCUT2D eigenvalue weighted by molar-refractivity contribution is -0.114. The first-order valence-electron chi connectivity index (χ1n) is 4.05. The second kappa shape index (κ2) is 3.91. The fourth-order valence-electron chi connectivity index (χ4n) is 1.13. The smallest absolute Gasteiger partial charge is 0.289 e. The van der Waals surface area contributed by atoms with E-state index in [9.17, 15) is 9.59 Å². The lowest BCUT2D eigenvalue weighted by Gasteiger charge is -2.06. The third-order valence-electron chi connectivity index (χ3n) is 1.82. The molecule has 14 heavy (non-hydrogen) atoms. The zero-order chi connectivity index (χ0) is 10.7. The Balaban J connectivity index is 3.23. The van der Waals surface area contributed by atoms with Gasteiger partial charge < -0.3 is 10.5 Å². The Bertz CT molecular complexity index is 385. The maximum absolute atomic E-state index is 11.3. The average molecular weight is 193 g/mol. The van der Waals surface area contributed by atoms with Crippen LogP contribution in [0.1, 0.15) is 15.9 Å². The molecule has 0 saturated heterocycles. The molecule has 0 aliphatic carbocycles. The van der Waals surface area contributed by atoms with Gasteiger partial charge in [-0.3, -0.25) is 9.59 Å². The molecule has 0 atom stereocenters. The maximum atomic E-state index is 11.3. The van der Waals surface area contributed by atoms with Crippen LogP contribution < -0.4 is 10.5 Å². The van der Waals surface area contributed by atoms with Gasteiger partial charge in [0.1, 0.15) is 5.75 Å². The number of carbonyl (C=O) groups excluding carboxylic acids is 2. The summed E-state index contributed by atoms with van der Waals surface area (Å²) in [5.74, 6) is -1.35. The fraction of sp³-hybridized carbons (Fsp3) is 0.200. The molecule has 0 aliphatic heterocycles. The van der Waals surface area contributed by atoms with Crippen LogP contribution in [0.15, 0.2) is 18.2 Å². The Hall–Kier alpha value is -1.84. The van der Waals surface area contributed by atoms with Crippen LogP contribution in [0.4, 0.5) is 0 Å². The highest BCUT2D eigenvalue weighted by Gasteiger charge is 2.17. The van der Waals surface area contributed by atoms with Gasteiger partial charge in [0.25, 0.3) is 11.7 Å². The van der Waals surface area contributed by atoms with Crippen LogP contribution in [0.5, 0.6) is 5.75 Å². The molecule has 1 rings (SSSR count). The molecular formula is C10H11NO3. The number of amides is 1. The van der Waals surface area contributed by atoms with Gasteiger partial charge in [-0.15, -0.1) is 0 Å². The molecular weight excluding hydrogens is 182 g/mol. The first-order valence-corrected chi connectivity index (χ1v) is 4.05. The molecule has 0 aromatic heterocycles. The van der Waals surface area contributed by atoms with E-state index in [0.717, 1.165) is 5.56 Å². The number of hydrogen-bond donors (Lipinski definition) is 1. The zero-order valence-corrected chi connectivity index (χ0v) is 8.03. The van der Waals surface area contributed by atoms with Gasteiger partial charge in [-0.1, -0.05) is 11.6 Å². The Morgan fingerprint density at radius 3 is 2.50 bits per heavy atom. The van der Waals surface area contributed by atoms with E-state index in [0.29, 0.717) is 5.75 Å². The summed E-state index contributed by atoms with van der Waals surface area (Å²) in [6, 6.07) is 4.99. The summed E-state index contributed by atoms with van der Waals surface area (Å²) in [5.41, 5.74) is 5.98. The summed E-state index contributed by atoms with van der Waals surface area (Å²) in [7, 11) is 1.43. The highest BCUT2D eigenvalue weighted by Crippen LogP contribution is 2.19. The summed E-state index contributed by atoms with van der Waals surface area (Å²) < 4.78 is 4.94. The summed E-state index contributed by atoms with van der Waals surface area (Å²) in [6.07, 6.45) is 0. The van der Waals surface area contributed by atoms with Crippen molar-refractivity contribution < 1.29 is 14.3 Å². The van der Waals surface area contributed by atoms with Gasteiger partial charge in [-0.25, -0.2) is 0 Å². The maximum Gasteiger partial charge on any atom is 0.289 e.